The normalized spacial score (nSPS) is 12.7. The van der Waals surface area contributed by atoms with Gasteiger partial charge in [-0.3, -0.25) is 4.79 Å². The lowest BCUT2D eigenvalue weighted by Gasteiger charge is -2.23. The summed E-state index contributed by atoms with van der Waals surface area (Å²) in [6, 6.07) is 14.3. The fraction of sp³-hybridized carbons (Fsp3) is 0.583. The number of benzene rings is 2. The molecule has 1 heterocycles. The Labute approximate surface area is 265 Å². The zero-order chi connectivity index (χ0) is 29.8. The molecule has 2 aromatic rings. The molecule has 0 radical (unpaired) electrons. The molecular formula is C36H53ClN2O2S. The van der Waals surface area contributed by atoms with Crippen LogP contribution in [0.1, 0.15) is 115 Å². The van der Waals surface area contributed by atoms with Gasteiger partial charge in [-0.25, -0.2) is 0 Å². The van der Waals surface area contributed by atoms with E-state index in [0.717, 1.165) is 42.3 Å². The van der Waals surface area contributed by atoms with Crippen LogP contribution in [0.25, 0.3) is 0 Å². The van der Waals surface area contributed by atoms with Crippen molar-refractivity contribution in [1.29, 1.82) is 0 Å². The van der Waals surface area contributed by atoms with Crippen LogP contribution in [-0.4, -0.2) is 29.8 Å². The maximum atomic E-state index is 12.5. The molecule has 0 fully saturated rings. The number of nitrogens with zero attached hydrogens (tertiary/aromatic N) is 2. The van der Waals surface area contributed by atoms with E-state index in [1.165, 1.54) is 89.0 Å². The number of ether oxygens (including phenoxy) is 1. The number of unbranched alkanes of at least 4 members (excludes halogenated alkanes) is 13. The van der Waals surface area contributed by atoms with Crippen LogP contribution in [0.15, 0.2) is 54.1 Å². The summed E-state index contributed by atoms with van der Waals surface area (Å²) in [7, 11) is 0. The molecule has 0 N–H and O–H groups in total. The van der Waals surface area contributed by atoms with Gasteiger partial charge in [-0.1, -0.05) is 120 Å². The van der Waals surface area contributed by atoms with E-state index < -0.39 is 0 Å². The molecule has 2 aromatic carbocycles. The monoisotopic (exact) mass is 612 g/mol. The zero-order valence-electron chi connectivity index (χ0n) is 26.1. The molecular weight excluding hydrogens is 560 g/mol. The first-order valence-electron chi connectivity index (χ1n) is 16.4. The number of carbonyl (C=O) groups excluding carboxylic acids is 1. The van der Waals surface area contributed by atoms with Gasteiger partial charge in [0.2, 0.25) is 5.91 Å². The van der Waals surface area contributed by atoms with Gasteiger partial charge in [-0.15, -0.1) is 11.8 Å². The summed E-state index contributed by atoms with van der Waals surface area (Å²) in [5, 5.41) is 2.76. The maximum absolute atomic E-state index is 12.5. The Balaban J connectivity index is 1.29. The second-order valence-electron chi connectivity index (χ2n) is 11.6. The van der Waals surface area contributed by atoms with Crippen molar-refractivity contribution in [2.75, 3.05) is 23.9 Å². The van der Waals surface area contributed by atoms with Gasteiger partial charge in [-0.05, 0) is 53.6 Å². The minimum Gasteiger partial charge on any atom is -0.492 e. The molecule has 1 amide bonds. The average molecular weight is 613 g/mol. The predicted octanol–water partition coefficient (Wildman–Crippen LogP) is 10.8. The first kappa shape index (κ1) is 34.4. The van der Waals surface area contributed by atoms with Crippen LogP contribution in [0.5, 0.6) is 5.75 Å². The quantitative estimate of drug-likeness (QED) is 0.124. The minimum absolute atomic E-state index is 0.0444. The Bertz CT molecular complexity index is 1080. The lowest BCUT2D eigenvalue weighted by atomic mass is 10.0. The lowest BCUT2D eigenvalue weighted by Crippen LogP contribution is -2.30. The van der Waals surface area contributed by atoms with Gasteiger partial charge in [0.25, 0.3) is 0 Å². The smallest absolute Gasteiger partial charge is 0.223 e. The van der Waals surface area contributed by atoms with E-state index in [2.05, 4.69) is 41.6 Å². The van der Waals surface area contributed by atoms with Crippen molar-refractivity contribution in [2.45, 2.75) is 117 Å². The molecule has 0 saturated carbocycles. The van der Waals surface area contributed by atoms with Crippen LogP contribution >= 0.6 is 23.4 Å². The minimum atomic E-state index is 0.0444. The Morgan fingerprint density at radius 3 is 2.14 bits per heavy atom. The first-order chi connectivity index (χ1) is 20.6. The number of carbonyl (C=O) groups is 1. The molecule has 3 rings (SSSR count). The third kappa shape index (κ3) is 13.5. The fourth-order valence-electron chi connectivity index (χ4n) is 5.47. The molecule has 4 nitrogen and oxygen atoms in total. The highest BCUT2D eigenvalue weighted by atomic mass is 35.5. The maximum Gasteiger partial charge on any atom is 0.223 e. The third-order valence-corrected chi connectivity index (χ3v) is 9.06. The summed E-state index contributed by atoms with van der Waals surface area (Å²) < 4.78 is 5.99. The molecule has 6 heteroatoms. The van der Waals surface area contributed by atoms with Crippen molar-refractivity contribution in [3.05, 3.63) is 70.2 Å². The summed E-state index contributed by atoms with van der Waals surface area (Å²) in [5.41, 5.74) is 3.25. The summed E-state index contributed by atoms with van der Waals surface area (Å²) in [6.45, 7) is 6.07. The van der Waals surface area contributed by atoms with Crippen LogP contribution in [0.4, 0.5) is 5.69 Å². The molecule has 42 heavy (non-hydrogen) atoms. The molecule has 0 aromatic heterocycles. The number of hydrogen-bond donors (Lipinski definition) is 0. The highest BCUT2D eigenvalue weighted by Crippen LogP contribution is 2.27. The Hall–Kier alpha value is -2.11. The van der Waals surface area contributed by atoms with Gasteiger partial charge in [0.1, 0.15) is 5.75 Å². The van der Waals surface area contributed by atoms with Gasteiger partial charge < -0.3 is 14.5 Å². The summed E-state index contributed by atoms with van der Waals surface area (Å²) in [6.07, 6.45) is 21.8. The molecule has 0 saturated heterocycles. The summed E-state index contributed by atoms with van der Waals surface area (Å²) in [5.74, 6) is 1.77. The van der Waals surface area contributed by atoms with Crippen LogP contribution < -0.4 is 9.64 Å². The molecule has 1 aliphatic rings. The van der Waals surface area contributed by atoms with Gasteiger partial charge in [0, 0.05) is 31.9 Å². The van der Waals surface area contributed by atoms with E-state index in [-0.39, 0.29) is 5.91 Å². The Morgan fingerprint density at radius 1 is 0.881 bits per heavy atom. The Kier molecular flexibility index (Phi) is 17.0. The van der Waals surface area contributed by atoms with Crippen molar-refractivity contribution in [1.82, 2.24) is 4.90 Å². The highest BCUT2D eigenvalue weighted by molar-refractivity contribution is 8.02. The average Bonchev–Trinajstić information content (AvgIpc) is 3.49. The predicted molar refractivity (Wildman–Crippen MR) is 183 cm³/mol. The Morgan fingerprint density at radius 2 is 1.55 bits per heavy atom. The molecule has 232 valence electrons. The number of amides is 1. The molecule has 0 spiro atoms. The van der Waals surface area contributed by atoms with E-state index >= 15 is 0 Å². The van der Waals surface area contributed by atoms with Gasteiger partial charge in [0.15, 0.2) is 0 Å². The van der Waals surface area contributed by atoms with Gasteiger partial charge in [0.05, 0.1) is 17.5 Å². The summed E-state index contributed by atoms with van der Waals surface area (Å²) in [4.78, 5) is 16.6. The zero-order valence-corrected chi connectivity index (χ0v) is 27.7. The van der Waals surface area contributed by atoms with E-state index in [4.69, 9.17) is 16.3 Å². The third-order valence-electron chi connectivity index (χ3n) is 7.97. The molecule has 0 unspecified atom stereocenters. The number of hydrogen-bond acceptors (Lipinski definition) is 4. The highest BCUT2D eigenvalue weighted by Gasteiger charge is 2.14. The van der Waals surface area contributed by atoms with Gasteiger partial charge >= 0.3 is 0 Å². The molecule has 0 atom stereocenters. The van der Waals surface area contributed by atoms with Crippen LogP contribution in [0.2, 0.25) is 5.02 Å². The second-order valence-corrected chi connectivity index (χ2v) is 12.9. The number of rotatable bonds is 22. The fourth-order valence-corrected chi connectivity index (χ4v) is 6.44. The van der Waals surface area contributed by atoms with Crippen LogP contribution in [0, 0.1) is 0 Å². The molecule has 1 aliphatic heterocycles. The molecule has 0 bridgehead atoms. The van der Waals surface area contributed by atoms with Crippen LogP contribution in [-0.2, 0) is 17.8 Å². The largest absolute Gasteiger partial charge is 0.492 e. The van der Waals surface area contributed by atoms with E-state index in [1.54, 1.807) is 18.7 Å². The van der Waals surface area contributed by atoms with E-state index in [9.17, 15) is 4.79 Å². The van der Waals surface area contributed by atoms with Crippen molar-refractivity contribution in [3.8, 4) is 5.75 Å². The SMILES string of the molecule is CCCCCCCCCCCCCCCCOc1ccc(CCN(C(C)=O)c2cccc(CN3C=CSC3)c2)cc1Cl. The van der Waals surface area contributed by atoms with Crippen molar-refractivity contribution >= 4 is 35.0 Å². The van der Waals surface area contributed by atoms with Gasteiger partial charge in [-0.2, -0.15) is 0 Å². The lowest BCUT2D eigenvalue weighted by molar-refractivity contribution is -0.116. The standard InChI is InChI=1S/C36H53ClN2O2S/c1-3-4-5-6-7-8-9-10-11-12-13-14-15-16-25-41-36-21-20-32(28-35(36)37)22-23-39(31(2)40)34-19-17-18-33(27-34)29-38-24-26-42-30-38/h17-21,24,26-28H,3-16,22-23,25,29-30H2,1-2H3. The van der Waals surface area contributed by atoms with Crippen LogP contribution in [0.3, 0.4) is 0 Å². The van der Waals surface area contributed by atoms with Crippen molar-refractivity contribution in [3.63, 3.8) is 0 Å². The number of halogens is 1. The van der Waals surface area contributed by atoms with E-state index in [0.29, 0.717) is 18.2 Å². The van der Waals surface area contributed by atoms with E-state index in [1.807, 2.05) is 29.2 Å². The topological polar surface area (TPSA) is 32.8 Å². The number of anilines is 1. The number of thioether (sulfide) groups is 1. The first-order valence-corrected chi connectivity index (χ1v) is 17.8. The second kappa shape index (κ2) is 20.7. The molecule has 0 aliphatic carbocycles. The summed E-state index contributed by atoms with van der Waals surface area (Å²) >= 11 is 8.37. The van der Waals surface area contributed by atoms with Crippen molar-refractivity contribution in [2.24, 2.45) is 0 Å². The van der Waals surface area contributed by atoms with Crippen molar-refractivity contribution < 1.29 is 9.53 Å².